The van der Waals surface area contributed by atoms with E-state index < -0.39 is 0 Å². The topological polar surface area (TPSA) is 27.3 Å². The fourth-order valence-corrected chi connectivity index (χ4v) is 4.47. The van der Waals surface area contributed by atoms with Crippen LogP contribution >= 0.6 is 15.9 Å². The molecule has 1 aliphatic heterocycles. The molecule has 150 valence electrons. The van der Waals surface area contributed by atoms with E-state index >= 15 is 0 Å². The highest BCUT2D eigenvalue weighted by Crippen LogP contribution is 2.35. The van der Waals surface area contributed by atoms with Crippen LogP contribution in [0.15, 0.2) is 77.4 Å². The molecule has 0 amide bonds. The Labute approximate surface area is 184 Å². The largest absolute Gasteiger partial charge is 0.497 e. The lowest BCUT2D eigenvalue weighted by molar-refractivity contribution is -0.606. The van der Waals surface area contributed by atoms with Gasteiger partial charge in [0.1, 0.15) is 17.6 Å². The minimum Gasteiger partial charge on any atom is -0.497 e. The van der Waals surface area contributed by atoms with Crippen LogP contribution in [-0.4, -0.2) is 18.8 Å². The number of nitrogens with zero attached hydrogens (tertiary/aromatic N) is 2. The second-order valence-corrected chi connectivity index (χ2v) is 8.23. The summed E-state index contributed by atoms with van der Waals surface area (Å²) < 4.78 is 16.9. The maximum atomic E-state index is 5.76. The maximum absolute atomic E-state index is 5.76. The molecule has 1 aliphatic rings. The highest BCUT2D eigenvalue weighted by molar-refractivity contribution is 9.10. The molecule has 0 aliphatic carbocycles. The first-order valence-corrected chi connectivity index (χ1v) is 10.7. The standard InChI is InChI=1S/C25H22BrN2O2/c1-29-20-12-13-22(24(15-20)30-2)28-23(18-7-10-19(26)11-8-18)16-27-21-6-4-3-5-17(21)9-14-25(27)28/h3-8,10-13,15-16H,9,14H2,1-2H3/q+1. The SMILES string of the molecule is COc1ccc(-n2c(-c3ccc(Br)cc3)c[n+]3c2CCc2ccccc2-3)c(OC)c1. The summed E-state index contributed by atoms with van der Waals surface area (Å²) in [7, 11) is 3.38. The van der Waals surface area contributed by atoms with E-state index in [9.17, 15) is 0 Å². The average molecular weight is 462 g/mol. The molecule has 5 heteroatoms. The monoisotopic (exact) mass is 461 g/mol. The van der Waals surface area contributed by atoms with E-state index in [4.69, 9.17) is 9.47 Å². The van der Waals surface area contributed by atoms with E-state index in [-0.39, 0.29) is 0 Å². The summed E-state index contributed by atoms with van der Waals surface area (Å²) in [6.45, 7) is 0. The Morgan fingerprint density at radius 3 is 2.47 bits per heavy atom. The molecular formula is C25H22BrN2O2+. The molecule has 3 aromatic carbocycles. The first-order valence-electron chi connectivity index (χ1n) is 9.92. The van der Waals surface area contributed by atoms with Crippen molar-refractivity contribution in [2.24, 2.45) is 0 Å². The Morgan fingerprint density at radius 1 is 0.900 bits per heavy atom. The van der Waals surface area contributed by atoms with Crippen LogP contribution in [0.3, 0.4) is 0 Å². The number of ether oxygens (including phenoxy) is 2. The van der Waals surface area contributed by atoms with Crippen molar-refractivity contribution in [3.05, 3.63) is 88.8 Å². The molecule has 0 fully saturated rings. The van der Waals surface area contributed by atoms with Crippen LogP contribution in [0.25, 0.3) is 22.6 Å². The van der Waals surface area contributed by atoms with Gasteiger partial charge in [-0.05, 0) is 54.4 Å². The lowest BCUT2D eigenvalue weighted by atomic mass is 10.0. The van der Waals surface area contributed by atoms with E-state index in [2.05, 4.69) is 85.9 Å². The van der Waals surface area contributed by atoms with Gasteiger partial charge in [0.05, 0.1) is 20.6 Å². The van der Waals surface area contributed by atoms with Gasteiger partial charge in [-0.15, -0.1) is 0 Å². The fourth-order valence-electron chi connectivity index (χ4n) is 4.21. The van der Waals surface area contributed by atoms with Gasteiger partial charge in [0.25, 0.3) is 5.82 Å². The van der Waals surface area contributed by atoms with Crippen LogP contribution in [-0.2, 0) is 12.8 Å². The van der Waals surface area contributed by atoms with Crippen LogP contribution in [0.2, 0.25) is 0 Å². The predicted molar refractivity (Wildman–Crippen MR) is 121 cm³/mol. The fraction of sp³-hybridized carbons (Fsp3) is 0.160. The number of benzene rings is 3. The van der Waals surface area contributed by atoms with Gasteiger partial charge in [-0.2, -0.15) is 9.13 Å². The van der Waals surface area contributed by atoms with Crippen molar-refractivity contribution in [1.29, 1.82) is 0 Å². The van der Waals surface area contributed by atoms with Crippen molar-refractivity contribution in [1.82, 2.24) is 4.57 Å². The van der Waals surface area contributed by atoms with Crippen molar-refractivity contribution < 1.29 is 14.0 Å². The van der Waals surface area contributed by atoms with Crippen LogP contribution in [0, 0.1) is 0 Å². The number of para-hydroxylation sites is 1. The Hall–Kier alpha value is -3.05. The van der Waals surface area contributed by atoms with Crippen molar-refractivity contribution in [3.8, 4) is 34.1 Å². The summed E-state index contributed by atoms with van der Waals surface area (Å²) in [5.74, 6) is 2.79. The molecule has 30 heavy (non-hydrogen) atoms. The van der Waals surface area contributed by atoms with E-state index in [0.717, 1.165) is 45.8 Å². The molecule has 0 atom stereocenters. The van der Waals surface area contributed by atoms with Crippen molar-refractivity contribution in [2.75, 3.05) is 14.2 Å². The number of rotatable bonds is 4. The summed E-state index contributed by atoms with van der Waals surface area (Å²) in [6.07, 6.45) is 4.20. The Balaban J connectivity index is 1.80. The highest BCUT2D eigenvalue weighted by atomic mass is 79.9. The minimum absolute atomic E-state index is 0.778. The third-order valence-electron chi connectivity index (χ3n) is 5.67. The van der Waals surface area contributed by atoms with Crippen molar-refractivity contribution in [3.63, 3.8) is 0 Å². The molecule has 0 N–H and O–H groups in total. The smallest absolute Gasteiger partial charge is 0.267 e. The number of aromatic nitrogens is 2. The third kappa shape index (κ3) is 3.10. The second-order valence-electron chi connectivity index (χ2n) is 7.31. The number of fused-ring (bicyclic) bond motifs is 3. The quantitative estimate of drug-likeness (QED) is 0.385. The molecule has 4 aromatic rings. The number of aryl methyl sites for hydroxylation is 1. The molecule has 1 aromatic heterocycles. The molecule has 0 radical (unpaired) electrons. The van der Waals surface area contributed by atoms with E-state index in [1.165, 1.54) is 17.1 Å². The van der Waals surface area contributed by atoms with Crippen LogP contribution in [0.1, 0.15) is 11.4 Å². The molecule has 5 rings (SSSR count). The Kier molecular flexibility index (Phi) is 4.83. The van der Waals surface area contributed by atoms with Gasteiger partial charge in [0.15, 0.2) is 17.1 Å². The van der Waals surface area contributed by atoms with Crippen LogP contribution in [0.5, 0.6) is 11.5 Å². The number of hydrogen-bond donors (Lipinski definition) is 0. The molecule has 0 saturated carbocycles. The van der Waals surface area contributed by atoms with Gasteiger partial charge in [-0.25, -0.2) is 0 Å². The summed E-state index contributed by atoms with van der Waals surface area (Å²) in [5.41, 5.74) is 5.89. The number of methoxy groups -OCH3 is 2. The van der Waals surface area contributed by atoms with Gasteiger partial charge in [-0.3, -0.25) is 0 Å². The predicted octanol–water partition coefficient (Wildman–Crippen LogP) is 5.30. The summed E-state index contributed by atoms with van der Waals surface area (Å²) in [5, 5.41) is 0. The second kappa shape index (κ2) is 7.65. The Bertz CT molecular complexity index is 1230. The van der Waals surface area contributed by atoms with Gasteiger partial charge < -0.3 is 9.47 Å². The molecule has 0 spiro atoms. The lowest BCUT2D eigenvalue weighted by Gasteiger charge is -2.15. The first kappa shape index (κ1) is 18.9. The van der Waals surface area contributed by atoms with Gasteiger partial charge >= 0.3 is 0 Å². The Morgan fingerprint density at radius 2 is 1.70 bits per heavy atom. The zero-order valence-electron chi connectivity index (χ0n) is 16.9. The number of hydrogen-bond acceptors (Lipinski definition) is 2. The first-order chi connectivity index (χ1) is 14.7. The molecule has 0 saturated heterocycles. The van der Waals surface area contributed by atoms with E-state index in [1.54, 1.807) is 14.2 Å². The van der Waals surface area contributed by atoms with Gasteiger partial charge in [-0.1, -0.05) is 34.1 Å². The average Bonchev–Trinajstić information content (AvgIpc) is 3.19. The molecule has 4 nitrogen and oxygen atoms in total. The molecule has 0 unspecified atom stereocenters. The third-order valence-corrected chi connectivity index (χ3v) is 6.19. The number of imidazole rings is 1. The maximum Gasteiger partial charge on any atom is 0.267 e. The number of halogens is 1. The van der Waals surface area contributed by atoms with Gasteiger partial charge in [0, 0.05) is 16.1 Å². The van der Waals surface area contributed by atoms with Crippen molar-refractivity contribution >= 4 is 15.9 Å². The molecule has 0 bridgehead atoms. The summed E-state index contributed by atoms with van der Waals surface area (Å²) >= 11 is 3.55. The molecule has 2 heterocycles. The summed E-state index contributed by atoms with van der Waals surface area (Å²) in [6, 6.07) is 23.1. The van der Waals surface area contributed by atoms with Gasteiger partial charge in [0.2, 0.25) is 0 Å². The van der Waals surface area contributed by atoms with E-state index in [1.807, 2.05) is 12.1 Å². The van der Waals surface area contributed by atoms with Crippen molar-refractivity contribution in [2.45, 2.75) is 12.8 Å². The zero-order valence-corrected chi connectivity index (χ0v) is 18.5. The normalized spacial score (nSPS) is 12.2. The zero-order chi connectivity index (χ0) is 20.7. The minimum atomic E-state index is 0.778. The van der Waals surface area contributed by atoms with Crippen LogP contribution in [0.4, 0.5) is 0 Å². The van der Waals surface area contributed by atoms with Crippen LogP contribution < -0.4 is 14.0 Å². The van der Waals surface area contributed by atoms with E-state index in [0.29, 0.717) is 0 Å². The molecular weight excluding hydrogens is 440 g/mol. The lowest BCUT2D eigenvalue weighted by Crippen LogP contribution is -2.39. The summed E-state index contributed by atoms with van der Waals surface area (Å²) in [4.78, 5) is 0. The highest BCUT2D eigenvalue weighted by Gasteiger charge is 2.32.